The second kappa shape index (κ2) is 6.44. The number of hydrogen-bond acceptors (Lipinski definition) is 4. The van der Waals surface area contributed by atoms with Crippen LogP contribution >= 0.6 is 15.9 Å². The molecule has 1 atom stereocenters. The van der Waals surface area contributed by atoms with Gasteiger partial charge in [0.25, 0.3) is 5.91 Å². The smallest absolute Gasteiger partial charge is 0.320 e. The number of nitrogens with two attached hydrogens (primary N) is 1. The summed E-state index contributed by atoms with van der Waals surface area (Å²) in [6, 6.07) is 5.01. The highest BCUT2D eigenvalue weighted by atomic mass is 79.9. The van der Waals surface area contributed by atoms with Crippen LogP contribution in [0.1, 0.15) is 17.3 Å². The molecule has 0 aromatic heterocycles. The highest BCUT2D eigenvalue weighted by molar-refractivity contribution is 9.10. The topological polar surface area (TPSA) is 86.9 Å². The van der Waals surface area contributed by atoms with Crippen LogP contribution in [0, 0.1) is 0 Å². The average molecular weight is 356 g/mol. The average Bonchev–Trinajstić information content (AvgIpc) is 2.46. The third-order valence-electron chi connectivity index (χ3n) is 3.80. The molecule has 1 aromatic rings. The van der Waals surface area contributed by atoms with Crippen LogP contribution in [0.5, 0.6) is 0 Å². The van der Waals surface area contributed by atoms with E-state index in [2.05, 4.69) is 20.8 Å². The zero-order valence-corrected chi connectivity index (χ0v) is 13.3. The van der Waals surface area contributed by atoms with Crippen LogP contribution in [0.15, 0.2) is 22.7 Å². The van der Waals surface area contributed by atoms with Crippen LogP contribution in [-0.2, 0) is 4.79 Å². The first-order valence-electron chi connectivity index (χ1n) is 6.72. The number of carboxylic acids is 1. The Morgan fingerprint density at radius 1 is 1.29 bits per heavy atom. The van der Waals surface area contributed by atoms with Crippen molar-refractivity contribution in [2.75, 3.05) is 31.1 Å². The van der Waals surface area contributed by atoms with Crippen molar-refractivity contribution in [3.8, 4) is 0 Å². The first kappa shape index (κ1) is 15.8. The van der Waals surface area contributed by atoms with Crippen molar-refractivity contribution < 1.29 is 14.7 Å². The second-order valence-corrected chi connectivity index (χ2v) is 5.89. The van der Waals surface area contributed by atoms with Gasteiger partial charge in [-0.1, -0.05) is 6.07 Å². The molecule has 1 aromatic carbocycles. The van der Waals surface area contributed by atoms with Crippen molar-refractivity contribution >= 4 is 33.5 Å². The Morgan fingerprint density at radius 2 is 1.90 bits per heavy atom. The number of aliphatic carboxylic acids is 1. The molecule has 1 amide bonds. The lowest BCUT2D eigenvalue weighted by atomic mass is 10.1. The van der Waals surface area contributed by atoms with Crippen molar-refractivity contribution in [3.63, 3.8) is 0 Å². The van der Waals surface area contributed by atoms with Gasteiger partial charge in [-0.05, 0) is 35.0 Å². The summed E-state index contributed by atoms with van der Waals surface area (Å²) in [5, 5.41) is 9.05. The summed E-state index contributed by atoms with van der Waals surface area (Å²) < 4.78 is 0.675. The first-order chi connectivity index (χ1) is 9.91. The number of primary amides is 1. The van der Waals surface area contributed by atoms with Crippen molar-refractivity contribution in [1.82, 2.24) is 4.90 Å². The Balaban J connectivity index is 2.15. The highest BCUT2D eigenvalue weighted by Gasteiger charge is 2.27. The molecular formula is C14H18BrN3O3. The fraction of sp³-hybridized carbons (Fsp3) is 0.429. The molecule has 7 heteroatoms. The van der Waals surface area contributed by atoms with Crippen LogP contribution in [-0.4, -0.2) is 54.1 Å². The lowest BCUT2D eigenvalue weighted by Gasteiger charge is -2.38. The maximum absolute atomic E-state index is 11.6. The van der Waals surface area contributed by atoms with E-state index in [-0.39, 0.29) is 0 Å². The van der Waals surface area contributed by atoms with Crippen LogP contribution in [0.4, 0.5) is 5.69 Å². The quantitative estimate of drug-likeness (QED) is 0.845. The summed E-state index contributed by atoms with van der Waals surface area (Å²) >= 11 is 3.35. The predicted molar refractivity (Wildman–Crippen MR) is 83.5 cm³/mol. The molecule has 1 aliphatic heterocycles. The van der Waals surface area contributed by atoms with E-state index in [1.165, 1.54) is 0 Å². The lowest BCUT2D eigenvalue weighted by molar-refractivity contribution is -0.142. The molecule has 1 saturated heterocycles. The monoisotopic (exact) mass is 355 g/mol. The zero-order valence-electron chi connectivity index (χ0n) is 11.8. The molecule has 0 saturated carbocycles. The van der Waals surface area contributed by atoms with Gasteiger partial charge in [0.05, 0.1) is 11.3 Å². The number of anilines is 1. The van der Waals surface area contributed by atoms with Gasteiger partial charge in [-0.25, -0.2) is 0 Å². The summed E-state index contributed by atoms with van der Waals surface area (Å²) in [6.07, 6.45) is 0. The van der Waals surface area contributed by atoms with Gasteiger partial charge >= 0.3 is 5.97 Å². The number of nitrogens with zero attached hydrogens (tertiary/aromatic N) is 2. The summed E-state index contributed by atoms with van der Waals surface area (Å²) in [6.45, 7) is 4.28. The minimum absolute atomic E-state index is 0.470. The summed E-state index contributed by atoms with van der Waals surface area (Å²) in [5.74, 6) is -1.29. The number of hydrogen-bond donors (Lipinski definition) is 2. The van der Waals surface area contributed by atoms with Crippen LogP contribution in [0.3, 0.4) is 0 Å². The van der Waals surface area contributed by atoms with E-state index >= 15 is 0 Å². The molecule has 114 valence electrons. The van der Waals surface area contributed by atoms with Gasteiger partial charge in [-0.15, -0.1) is 0 Å². The maximum atomic E-state index is 11.6. The second-order valence-electron chi connectivity index (χ2n) is 5.04. The molecule has 1 unspecified atom stereocenters. The Kier molecular flexibility index (Phi) is 4.84. The third kappa shape index (κ3) is 3.36. The van der Waals surface area contributed by atoms with Crippen LogP contribution < -0.4 is 10.6 Å². The number of benzene rings is 1. The van der Waals surface area contributed by atoms with Gasteiger partial charge in [0, 0.05) is 30.7 Å². The molecule has 21 heavy (non-hydrogen) atoms. The van der Waals surface area contributed by atoms with E-state index in [1.54, 1.807) is 13.0 Å². The fourth-order valence-electron chi connectivity index (χ4n) is 2.53. The summed E-state index contributed by atoms with van der Waals surface area (Å²) in [7, 11) is 0. The minimum Gasteiger partial charge on any atom is -0.480 e. The van der Waals surface area contributed by atoms with E-state index in [9.17, 15) is 9.59 Å². The molecule has 1 fully saturated rings. The fourth-order valence-corrected chi connectivity index (χ4v) is 3.08. The third-order valence-corrected chi connectivity index (χ3v) is 4.46. The van der Waals surface area contributed by atoms with Crippen molar-refractivity contribution in [3.05, 3.63) is 28.2 Å². The summed E-state index contributed by atoms with van der Waals surface area (Å²) in [5.41, 5.74) is 6.71. The van der Waals surface area contributed by atoms with Crippen molar-refractivity contribution in [1.29, 1.82) is 0 Å². The molecule has 0 aliphatic carbocycles. The van der Waals surface area contributed by atoms with Gasteiger partial charge in [-0.2, -0.15) is 0 Å². The number of halogens is 1. The molecule has 6 nitrogen and oxygen atoms in total. The standard InChI is InChI=1S/C14H18BrN3O3/c1-9(14(20)21)17-5-7-18(8-6-17)11-4-2-3-10(15)12(11)13(16)19/h2-4,9H,5-8H2,1H3,(H2,16,19)(H,20,21). The van der Waals surface area contributed by atoms with Gasteiger partial charge in [-0.3, -0.25) is 14.5 Å². The van der Waals surface area contributed by atoms with Crippen molar-refractivity contribution in [2.45, 2.75) is 13.0 Å². The molecule has 0 bridgehead atoms. The van der Waals surface area contributed by atoms with Crippen molar-refractivity contribution in [2.24, 2.45) is 5.73 Å². The zero-order chi connectivity index (χ0) is 15.6. The Morgan fingerprint density at radius 3 is 2.43 bits per heavy atom. The molecule has 1 aliphatic rings. The number of carboxylic acid groups (broad SMARTS) is 1. The van der Waals surface area contributed by atoms with Gasteiger partial charge in [0.1, 0.15) is 6.04 Å². The molecule has 0 spiro atoms. The number of amides is 1. The largest absolute Gasteiger partial charge is 0.480 e. The minimum atomic E-state index is -0.816. The Hall–Kier alpha value is -1.60. The van der Waals surface area contributed by atoms with E-state index in [4.69, 9.17) is 10.8 Å². The van der Waals surface area contributed by atoms with E-state index in [0.717, 1.165) is 5.69 Å². The Labute approximate surface area is 131 Å². The normalized spacial score (nSPS) is 17.5. The van der Waals surface area contributed by atoms with Crippen LogP contribution in [0.2, 0.25) is 0 Å². The Bertz CT molecular complexity index is 556. The van der Waals surface area contributed by atoms with E-state index < -0.39 is 17.9 Å². The summed E-state index contributed by atoms with van der Waals surface area (Å²) in [4.78, 5) is 26.6. The molecule has 1 heterocycles. The number of rotatable bonds is 4. The SMILES string of the molecule is CC(C(=O)O)N1CCN(c2cccc(Br)c2C(N)=O)CC1. The highest BCUT2D eigenvalue weighted by Crippen LogP contribution is 2.28. The lowest BCUT2D eigenvalue weighted by Crippen LogP contribution is -2.52. The van der Waals surface area contributed by atoms with E-state index in [0.29, 0.717) is 36.2 Å². The molecular weight excluding hydrogens is 338 g/mol. The van der Waals surface area contributed by atoms with Crippen LogP contribution in [0.25, 0.3) is 0 Å². The maximum Gasteiger partial charge on any atom is 0.320 e. The van der Waals surface area contributed by atoms with Gasteiger partial charge in [0.15, 0.2) is 0 Å². The molecule has 3 N–H and O–H groups in total. The predicted octanol–water partition coefficient (Wildman–Crippen LogP) is 1.14. The molecule has 0 radical (unpaired) electrons. The van der Waals surface area contributed by atoms with Gasteiger partial charge < -0.3 is 15.7 Å². The number of carbonyl (C=O) groups is 2. The van der Waals surface area contributed by atoms with E-state index in [1.807, 2.05) is 17.0 Å². The number of piperazine rings is 1. The first-order valence-corrected chi connectivity index (χ1v) is 7.51. The van der Waals surface area contributed by atoms with Gasteiger partial charge in [0.2, 0.25) is 0 Å². The number of carbonyl (C=O) groups excluding carboxylic acids is 1. The molecule has 2 rings (SSSR count).